The van der Waals surface area contributed by atoms with E-state index >= 15 is 0 Å². The van der Waals surface area contributed by atoms with Gasteiger partial charge in [-0.15, -0.1) is 5.11 Å². The first-order valence-electron chi connectivity index (χ1n) is 3.92. The Labute approximate surface area is 74.2 Å². The van der Waals surface area contributed by atoms with Crippen molar-refractivity contribution in [2.75, 3.05) is 6.54 Å². The summed E-state index contributed by atoms with van der Waals surface area (Å²) >= 11 is 0. The summed E-state index contributed by atoms with van der Waals surface area (Å²) in [4.78, 5) is 13.7. The number of H-pyrrole nitrogens is 1. The number of amides is 1. The van der Waals surface area contributed by atoms with Crippen LogP contribution in [0.25, 0.3) is 0 Å². The highest BCUT2D eigenvalue weighted by Gasteiger charge is 2.16. The summed E-state index contributed by atoms with van der Waals surface area (Å²) in [6.07, 6.45) is 2.33. The topological polar surface area (TPSA) is 95.6 Å². The minimum atomic E-state index is -0.460. The van der Waals surface area contributed by atoms with E-state index in [1.54, 1.807) is 6.20 Å². The number of aromatic nitrogens is 1. The van der Waals surface area contributed by atoms with Gasteiger partial charge < -0.3 is 10.7 Å². The van der Waals surface area contributed by atoms with Gasteiger partial charge in [0.1, 0.15) is 11.4 Å². The molecular weight excluding hydrogens is 170 g/mol. The molecule has 6 heteroatoms. The van der Waals surface area contributed by atoms with E-state index in [2.05, 4.69) is 20.7 Å². The Morgan fingerprint density at radius 2 is 2.46 bits per heavy atom. The second kappa shape index (κ2) is 2.89. The molecule has 2 rings (SSSR count). The summed E-state index contributed by atoms with van der Waals surface area (Å²) in [5.41, 5.74) is 9.85. The molecule has 0 atom stereocenters. The zero-order valence-electron chi connectivity index (χ0n) is 6.87. The highest BCUT2D eigenvalue weighted by Crippen LogP contribution is 2.24. The fourth-order valence-corrected chi connectivity index (χ4v) is 1.33. The van der Waals surface area contributed by atoms with Crippen molar-refractivity contribution < 1.29 is 4.79 Å². The number of carbonyl (C=O) groups excluding carboxylic acids is 1. The van der Waals surface area contributed by atoms with Crippen molar-refractivity contribution in [3.8, 4) is 0 Å². The molecule has 0 saturated carbocycles. The summed E-state index contributed by atoms with van der Waals surface area (Å²) in [7, 11) is 0. The normalized spacial score (nSPS) is 14.5. The fraction of sp³-hybridized carbons (Fsp3) is 0.286. The van der Waals surface area contributed by atoms with Gasteiger partial charge in [-0.1, -0.05) is 5.22 Å². The number of hydrogen-bond acceptors (Lipinski definition) is 4. The van der Waals surface area contributed by atoms with Gasteiger partial charge in [-0.25, -0.2) is 0 Å². The number of hydrogen-bond donors (Lipinski definition) is 3. The van der Waals surface area contributed by atoms with Crippen LogP contribution in [0.15, 0.2) is 16.5 Å². The Bertz CT molecular complexity index is 367. The molecule has 1 amide bonds. The lowest BCUT2D eigenvalue weighted by atomic mass is 10.1. The van der Waals surface area contributed by atoms with Gasteiger partial charge in [0.2, 0.25) is 0 Å². The highest BCUT2D eigenvalue weighted by atomic mass is 16.1. The number of rotatable bonds is 1. The van der Waals surface area contributed by atoms with Gasteiger partial charge >= 0.3 is 0 Å². The molecule has 0 aromatic carbocycles. The van der Waals surface area contributed by atoms with Crippen LogP contribution in [0.5, 0.6) is 0 Å². The molecule has 1 aromatic heterocycles. The first kappa shape index (κ1) is 7.78. The molecule has 1 aromatic rings. The molecular formula is C7H9N5O. The maximum atomic E-state index is 10.9. The number of nitrogens with two attached hydrogens (primary N) is 1. The Hall–Kier alpha value is -1.85. The Morgan fingerprint density at radius 3 is 3.23 bits per heavy atom. The molecule has 1 aliphatic heterocycles. The molecule has 6 nitrogen and oxygen atoms in total. The van der Waals surface area contributed by atoms with Gasteiger partial charge in [-0.3, -0.25) is 10.2 Å². The van der Waals surface area contributed by atoms with Crippen molar-refractivity contribution in [2.45, 2.75) is 6.42 Å². The standard InChI is InChI=1S/C7H9N5O/c8-7(13)6-4-1-2-10-12-11-5(4)3-9-6/h3,9H,1-2H2,(H2,8,13)(H,10,11). The first-order chi connectivity index (χ1) is 6.29. The fourth-order valence-electron chi connectivity index (χ4n) is 1.33. The van der Waals surface area contributed by atoms with Gasteiger partial charge in [0.15, 0.2) is 0 Å². The molecule has 0 aliphatic carbocycles. The van der Waals surface area contributed by atoms with Crippen molar-refractivity contribution in [3.63, 3.8) is 0 Å². The Morgan fingerprint density at radius 1 is 1.62 bits per heavy atom. The summed E-state index contributed by atoms with van der Waals surface area (Å²) in [5.74, 6) is -0.460. The zero-order chi connectivity index (χ0) is 9.26. The van der Waals surface area contributed by atoms with Crippen molar-refractivity contribution in [3.05, 3.63) is 17.5 Å². The predicted octanol–water partition coefficient (Wildman–Crippen LogP) is 0.258. The molecule has 2 heterocycles. The van der Waals surface area contributed by atoms with Crippen LogP contribution in [0.1, 0.15) is 16.1 Å². The largest absolute Gasteiger partial charge is 0.364 e. The van der Waals surface area contributed by atoms with Gasteiger partial charge in [0, 0.05) is 18.3 Å². The number of primary amides is 1. The Kier molecular flexibility index (Phi) is 1.73. The molecule has 0 bridgehead atoms. The van der Waals surface area contributed by atoms with Crippen LogP contribution in [0, 0.1) is 0 Å². The van der Waals surface area contributed by atoms with Gasteiger partial charge in [-0.2, -0.15) is 0 Å². The van der Waals surface area contributed by atoms with Crippen molar-refractivity contribution >= 4 is 11.6 Å². The molecule has 1 aliphatic rings. The molecule has 0 unspecified atom stereocenters. The molecule has 0 fully saturated rings. The molecule has 4 N–H and O–H groups in total. The SMILES string of the molecule is NC(=O)c1[nH]cc2c1CCNN=N2. The summed E-state index contributed by atoms with van der Waals surface area (Å²) in [6, 6.07) is 0. The van der Waals surface area contributed by atoms with Crippen molar-refractivity contribution in [1.82, 2.24) is 10.4 Å². The van der Waals surface area contributed by atoms with Crippen LogP contribution >= 0.6 is 0 Å². The number of fused-ring (bicyclic) bond motifs is 1. The molecule has 13 heavy (non-hydrogen) atoms. The molecule has 0 saturated heterocycles. The number of nitrogens with one attached hydrogen (secondary N) is 2. The van der Waals surface area contributed by atoms with E-state index in [1.807, 2.05) is 0 Å². The maximum absolute atomic E-state index is 10.9. The molecule has 0 spiro atoms. The first-order valence-corrected chi connectivity index (χ1v) is 3.92. The van der Waals surface area contributed by atoms with E-state index in [0.717, 1.165) is 5.56 Å². The summed E-state index contributed by atoms with van der Waals surface area (Å²) < 4.78 is 0. The minimum Gasteiger partial charge on any atom is -0.364 e. The van der Waals surface area contributed by atoms with Crippen LogP contribution in [0.4, 0.5) is 5.69 Å². The zero-order valence-corrected chi connectivity index (χ0v) is 6.87. The van der Waals surface area contributed by atoms with Crippen molar-refractivity contribution in [1.29, 1.82) is 0 Å². The van der Waals surface area contributed by atoms with Crippen LogP contribution in [-0.4, -0.2) is 17.4 Å². The summed E-state index contributed by atoms with van der Waals surface area (Å²) in [6.45, 7) is 0.661. The van der Waals surface area contributed by atoms with Crippen LogP contribution < -0.4 is 11.2 Å². The van der Waals surface area contributed by atoms with Crippen molar-refractivity contribution in [2.24, 2.45) is 16.1 Å². The van der Waals surface area contributed by atoms with E-state index in [1.165, 1.54) is 0 Å². The maximum Gasteiger partial charge on any atom is 0.265 e. The van der Waals surface area contributed by atoms with Crippen LogP contribution in [-0.2, 0) is 6.42 Å². The third kappa shape index (κ3) is 1.26. The van der Waals surface area contributed by atoms with Gasteiger partial charge in [-0.05, 0) is 6.42 Å². The molecule has 68 valence electrons. The minimum absolute atomic E-state index is 0.428. The average Bonchev–Trinajstić information content (AvgIpc) is 2.36. The van der Waals surface area contributed by atoms with E-state index in [0.29, 0.717) is 24.3 Å². The monoisotopic (exact) mass is 179 g/mol. The van der Waals surface area contributed by atoms with E-state index in [9.17, 15) is 4.79 Å². The lowest BCUT2D eigenvalue weighted by Crippen LogP contribution is -2.15. The lowest BCUT2D eigenvalue weighted by molar-refractivity contribution is 0.0995. The van der Waals surface area contributed by atoms with E-state index < -0.39 is 5.91 Å². The van der Waals surface area contributed by atoms with E-state index in [-0.39, 0.29) is 0 Å². The van der Waals surface area contributed by atoms with Crippen LogP contribution in [0.3, 0.4) is 0 Å². The molecule has 0 radical (unpaired) electrons. The third-order valence-corrected chi connectivity index (χ3v) is 1.93. The predicted molar refractivity (Wildman–Crippen MR) is 45.5 cm³/mol. The second-order valence-electron chi connectivity index (χ2n) is 2.75. The Balaban J connectivity index is 2.48. The number of aromatic amines is 1. The van der Waals surface area contributed by atoms with Gasteiger partial charge in [0.25, 0.3) is 5.91 Å². The van der Waals surface area contributed by atoms with Crippen LogP contribution in [0.2, 0.25) is 0 Å². The summed E-state index contributed by atoms with van der Waals surface area (Å²) in [5, 5.41) is 7.55. The lowest BCUT2D eigenvalue weighted by Gasteiger charge is -1.97. The highest BCUT2D eigenvalue weighted by molar-refractivity contribution is 5.94. The van der Waals surface area contributed by atoms with Gasteiger partial charge in [0.05, 0.1) is 0 Å². The smallest absolute Gasteiger partial charge is 0.265 e. The number of carbonyl (C=O) groups is 1. The number of nitrogens with zero attached hydrogens (tertiary/aromatic N) is 2. The quantitative estimate of drug-likeness (QED) is 0.576. The third-order valence-electron chi connectivity index (χ3n) is 1.93. The van der Waals surface area contributed by atoms with E-state index in [4.69, 9.17) is 5.73 Å². The second-order valence-corrected chi connectivity index (χ2v) is 2.75. The average molecular weight is 179 g/mol.